The Hall–Kier alpha value is -2.34. The van der Waals surface area contributed by atoms with Crippen molar-refractivity contribution in [3.63, 3.8) is 0 Å². The number of aromatic nitrogens is 2. The molecule has 0 atom stereocenters. The van der Waals surface area contributed by atoms with Crippen molar-refractivity contribution in [3.8, 4) is 0 Å². The highest BCUT2D eigenvalue weighted by atomic mass is 35.5. The van der Waals surface area contributed by atoms with Gasteiger partial charge in [-0.1, -0.05) is 17.7 Å². The number of benzene rings is 1. The van der Waals surface area contributed by atoms with Gasteiger partial charge in [-0.05, 0) is 37.5 Å². The number of halogens is 1. The summed E-state index contributed by atoms with van der Waals surface area (Å²) in [6, 6.07) is 5.52. The molecule has 2 amide bonds. The number of aryl methyl sites for hydroxylation is 1. The molecule has 1 aromatic carbocycles. The lowest BCUT2D eigenvalue weighted by molar-refractivity contribution is -0.135. The van der Waals surface area contributed by atoms with Crippen LogP contribution in [0.3, 0.4) is 0 Å². The molecule has 2 aromatic rings. The SMILES string of the molecule is Cc1c(Cl)cccc1NC(=O)CC(=O)N(Cc1nccn1C)C1CC1. The first-order valence-corrected chi connectivity index (χ1v) is 8.64. The third-order valence-corrected chi connectivity index (χ3v) is 4.80. The topological polar surface area (TPSA) is 67.2 Å². The monoisotopic (exact) mass is 360 g/mol. The molecule has 1 N–H and O–H groups in total. The second kappa shape index (κ2) is 7.27. The Balaban J connectivity index is 1.64. The Morgan fingerprint density at radius 3 is 2.80 bits per heavy atom. The lowest BCUT2D eigenvalue weighted by Gasteiger charge is -2.22. The highest BCUT2D eigenvalue weighted by Gasteiger charge is 2.34. The Morgan fingerprint density at radius 2 is 2.16 bits per heavy atom. The third-order valence-electron chi connectivity index (χ3n) is 4.39. The minimum atomic E-state index is -0.333. The molecule has 3 rings (SSSR count). The van der Waals surface area contributed by atoms with Gasteiger partial charge in [0.25, 0.3) is 0 Å². The summed E-state index contributed by atoms with van der Waals surface area (Å²) in [6.07, 6.45) is 5.32. The van der Waals surface area contributed by atoms with Crippen LogP contribution < -0.4 is 5.32 Å². The van der Waals surface area contributed by atoms with Gasteiger partial charge in [-0.15, -0.1) is 0 Å². The summed E-state index contributed by atoms with van der Waals surface area (Å²) >= 11 is 6.06. The summed E-state index contributed by atoms with van der Waals surface area (Å²) in [7, 11) is 1.90. The summed E-state index contributed by atoms with van der Waals surface area (Å²) in [5.74, 6) is 0.301. The van der Waals surface area contributed by atoms with E-state index in [1.54, 1.807) is 29.3 Å². The molecule has 1 aliphatic carbocycles. The molecule has 0 unspecified atom stereocenters. The molecule has 1 aromatic heterocycles. The minimum Gasteiger partial charge on any atom is -0.337 e. The molecule has 0 bridgehead atoms. The number of hydrogen-bond donors (Lipinski definition) is 1. The summed E-state index contributed by atoms with van der Waals surface area (Å²) in [6.45, 7) is 2.26. The Bertz CT molecular complexity index is 798. The lowest BCUT2D eigenvalue weighted by atomic mass is 10.2. The van der Waals surface area contributed by atoms with Gasteiger partial charge >= 0.3 is 0 Å². The maximum absolute atomic E-state index is 12.6. The number of carbonyl (C=O) groups excluding carboxylic acids is 2. The van der Waals surface area contributed by atoms with Crippen LogP contribution in [-0.2, 0) is 23.2 Å². The van der Waals surface area contributed by atoms with Crippen molar-refractivity contribution in [3.05, 3.63) is 47.0 Å². The number of rotatable bonds is 6. The van der Waals surface area contributed by atoms with Crippen LogP contribution in [0.15, 0.2) is 30.6 Å². The van der Waals surface area contributed by atoms with Crippen LogP contribution in [0.4, 0.5) is 5.69 Å². The predicted molar refractivity (Wildman–Crippen MR) is 96.2 cm³/mol. The first-order valence-electron chi connectivity index (χ1n) is 8.26. The van der Waals surface area contributed by atoms with Crippen molar-refractivity contribution in [1.82, 2.24) is 14.5 Å². The fourth-order valence-corrected chi connectivity index (χ4v) is 2.86. The van der Waals surface area contributed by atoms with Gasteiger partial charge in [0, 0.05) is 36.2 Å². The van der Waals surface area contributed by atoms with Crippen LogP contribution in [0.5, 0.6) is 0 Å². The molecule has 1 saturated carbocycles. The number of hydrogen-bond acceptors (Lipinski definition) is 3. The first-order chi connectivity index (χ1) is 12.0. The molecular formula is C18H21ClN4O2. The average Bonchev–Trinajstić information content (AvgIpc) is 3.32. The average molecular weight is 361 g/mol. The molecule has 132 valence electrons. The van der Waals surface area contributed by atoms with Gasteiger partial charge < -0.3 is 14.8 Å². The van der Waals surface area contributed by atoms with Gasteiger partial charge in [0.1, 0.15) is 12.2 Å². The summed E-state index contributed by atoms with van der Waals surface area (Å²) in [5, 5.41) is 3.36. The van der Waals surface area contributed by atoms with Gasteiger partial charge in [0.05, 0.1) is 6.54 Å². The van der Waals surface area contributed by atoms with Crippen LogP contribution in [0, 0.1) is 6.92 Å². The lowest BCUT2D eigenvalue weighted by Crippen LogP contribution is -2.35. The standard InChI is InChI=1S/C18H21ClN4O2/c1-12-14(19)4-3-5-15(12)21-17(24)10-18(25)23(13-6-7-13)11-16-20-8-9-22(16)2/h3-5,8-9,13H,6-7,10-11H2,1-2H3,(H,21,24). The second-order valence-corrected chi connectivity index (χ2v) is 6.75. The number of imidazole rings is 1. The van der Waals surface area contributed by atoms with E-state index in [4.69, 9.17) is 11.6 Å². The quantitative estimate of drug-likeness (QED) is 0.805. The predicted octanol–water partition coefficient (Wildman–Crippen LogP) is 2.90. The molecule has 0 aliphatic heterocycles. The van der Waals surface area contributed by atoms with E-state index in [9.17, 15) is 9.59 Å². The van der Waals surface area contributed by atoms with Crippen molar-refractivity contribution < 1.29 is 9.59 Å². The zero-order valence-corrected chi connectivity index (χ0v) is 15.1. The van der Waals surface area contributed by atoms with Crippen molar-refractivity contribution in [2.75, 3.05) is 5.32 Å². The smallest absolute Gasteiger partial charge is 0.233 e. The number of anilines is 1. The normalized spacial score (nSPS) is 13.6. The number of carbonyl (C=O) groups is 2. The Morgan fingerprint density at radius 1 is 1.40 bits per heavy atom. The molecule has 6 nitrogen and oxygen atoms in total. The van der Waals surface area contributed by atoms with Crippen LogP contribution in [0.1, 0.15) is 30.7 Å². The fraction of sp³-hybridized carbons (Fsp3) is 0.389. The van der Waals surface area contributed by atoms with Crippen LogP contribution in [0.2, 0.25) is 5.02 Å². The van der Waals surface area contributed by atoms with E-state index in [2.05, 4.69) is 10.3 Å². The zero-order chi connectivity index (χ0) is 18.0. The number of nitrogens with one attached hydrogen (secondary N) is 1. The molecule has 1 heterocycles. The molecular weight excluding hydrogens is 340 g/mol. The Labute approximate surface area is 151 Å². The van der Waals surface area contributed by atoms with Crippen LogP contribution >= 0.6 is 11.6 Å². The largest absolute Gasteiger partial charge is 0.337 e. The van der Waals surface area contributed by atoms with Gasteiger partial charge in [-0.25, -0.2) is 4.98 Å². The van der Waals surface area contributed by atoms with Crippen molar-refractivity contribution in [2.45, 2.75) is 38.8 Å². The van der Waals surface area contributed by atoms with Gasteiger partial charge in [-0.2, -0.15) is 0 Å². The Kier molecular flexibility index (Phi) is 5.08. The minimum absolute atomic E-state index is 0.178. The van der Waals surface area contributed by atoms with E-state index in [0.717, 1.165) is 24.2 Å². The van der Waals surface area contributed by atoms with Gasteiger partial charge in [0.15, 0.2) is 0 Å². The second-order valence-electron chi connectivity index (χ2n) is 6.34. The number of nitrogens with zero attached hydrogens (tertiary/aromatic N) is 3. The summed E-state index contributed by atoms with van der Waals surface area (Å²) < 4.78 is 1.89. The maximum atomic E-state index is 12.6. The van der Waals surface area contributed by atoms with E-state index in [1.807, 2.05) is 24.7 Å². The molecule has 1 aliphatic rings. The molecule has 0 saturated heterocycles. The maximum Gasteiger partial charge on any atom is 0.233 e. The third kappa shape index (κ3) is 4.20. The highest BCUT2D eigenvalue weighted by Crippen LogP contribution is 2.29. The van der Waals surface area contributed by atoms with Crippen molar-refractivity contribution >= 4 is 29.1 Å². The highest BCUT2D eigenvalue weighted by molar-refractivity contribution is 6.31. The van der Waals surface area contributed by atoms with E-state index in [0.29, 0.717) is 17.3 Å². The molecule has 0 radical (unpaired) electrons. The van der Waals surface area contributed by atoms with Crippen LogP contribution in [0.25, 0.3) is 0 Å². The summed E-state index contributed by atoms with van der Waals surface area (Å²) in [4.78, 5) is 30.9. The van der Waals surface area contributed by atoms with E-state index in [-0.39, 0.29) is 24.3 Å². The van der Waals surface area contributed by atoms with Gasteiger partial charge in [0.2, 0.25) is 11.8 Å². The molecule has 1 fully saturated rings. The van der Waals surface area contributed by atoms with E-state index >= 15 is 0 Å². The molecule has 0 spiro atoms. The number of amides is 2. The molecule has 7 heteroatoms. The van der Waals surface area contributed by atoms with Crippen molar-refractivity contribution in [1.29, 1.82) is 0 Å². The zero-order valence-electron chi connectivity index (χ0n) is 14.3. The first kappa shape index (κ1) is 17.5. The molecule has 25 heavy (non-hydrogen) atoms. The van der Waals surface area contributed by atoms with Gasteiger partial charge in [-0.3, -0.25) is 9.59 Å². The fourth-order valence-electron chi connectivity index (χ4n) is 2.68. The van der Waals surface area contributed by atoms with E-state index in [1.165, 1.54) is 0 Å². The summed E-state index contributed by atoms with van der Waals surface area (Å²) in [5.41, 5.74) is 1.42. The van der Waals surface area contributed by atoms with Crippen LogP contribution in [-0.4, -0.2) is 32.3 Å². The van der Waals surface area contributed by atoms with E-state index < -0.39 is 0 Å². The van der Waals surface area contributed by atoms with Crippen molar-refractivity contribution in [2.24, 2.45) is 7.05 Å².